The summed E-state index contributed by atoms with van der Waals surface area (Å²) in [6.45, 7) is 0. The van der Waals surface area contributed by atoms with Gasteiger partial charge < -0.3 is 0 Å². The molecule has 2 aromatic rings. The molecule has 0 unspecified atom stereocenters. The lowest BCUT2D eigenvalue weighted by atomic mass is 10.2. The van der Waals surface area contributed by atoms with Gasteiger partial charge in [0.25, 0.3) is 0 Å². The molecule has 0 nitrogen and oxygen atoms in total. The van der Waals surface area contributed by atoms with Crippen molar-refractivity contribution in [1.29, 1.82) is 0 Å². The number of alkyl halides is 4. The third kappa shape index (κ3) is 4.65. The van der Waals surface area contributed by atoms with E-state index in [2.05, 4.69) is 36.4 Å². The number of benzene rings is 2. The Kier molecular flexibility index (Phi) is 7.43. The summed E-state index contributed by atoms with van der Waals surface area (Å²) in [4.78, 5) is 0. The normalized spacial score (nSPS) is 10.9. The molecule has 112 valence electrons. The molecule has 0 saturated heterocycles. The second-order valence-corrected chi connectivity index (χ2v) is 8.41. The highest BCUT2D eigenvalue weighted by Gasteiger charge is 2.23. The Morgan fingerprint density at radius 3 is 1.38 bits per heavy atom. The fourth-order valence-electron chi connectivity index (χ4n) is 1.92. The van der Waals surface area contributed by atoms with E-state index in [1.54, 1.807) is 0 Å². The molecule has 0 atom stereocenters. The maximum atomic E-state index is 6.08. The van der Waals surface area contributed by atoms with E-state index in [1.165, 1.54) is 18.3 Å². The van der Waals surface area contributed by atoms with E-state index in [0.717, 1.165) is 11.1 Å². The lowest BCUT2D eigenvalue weighted by Crippen LogP contribution is -3.62. The van der Waals surface area contributed by atoms with Crippen molar-refractivity contribution in [2.45, 2.75) is 23.5 Å². The number of rotatable bonds is 6. The van der Waals surface area contributed by atoms with Crippen molar-refractivity contribution in [1.82, 2.24) is 0 Å². The first kappa shape index (κ1) is 17.7. The number of hydrogen-bond acceptors (Lipinski definition) is 0. The minimum Gasteiger partial charge on any atom is -0.122 e. The maximum Gasteiger partial charge on any atom is 0.358 e. The lowest BCUT2D eigenvalue weighted by molar-refractivity contribution is -0.598. The molecule has 0 aliphatic heterocycles. The monoisotopic (exact) mass is 473 g/mol. The van der Waals surface area contributed by atoms with Gasteiger partial charge in [-0.15, -0.1) is 46.4 Å². The summed E-state index contributed by atoms with van der Waals surface area (Å²) in [5.41, 5.74) is 4.55. The first-order valence-electron chi connectivity index (χ1n) is 6.34. The SMILES string of the molecule is ClCc1ccc([I+]c2ccc(CCl)cc2CCl)c(CCl)c1. The van der Waals surface area contributed by atoms with Crippen molar-refractivity contribution >= 4 is 46.4 Å². The summed E-state index contributed by atoms with van der Waals surface area (Å²) in [5, 5.41) is 0. The van der Waals surface area contributed by atoms with Crippen LogP contribution in [0.15, 0.2) is 36.4 Å². The minimum atomic E-state index is -0.319. The highest BCUT2D eigenvalue weighted by Crippen LogP contribution is 2.12. The van der Waals surface area contributed by atoms with Crippen LogP contribution in [0, 0.1) is 7.14 Å². The van der Waals surface area contributed by atoms with Crippen LogP contribution in [0.2, 0.25) is 0 Å². The fourth-order valence-corrected chi connectivity index (χ4v) is 5.88. The first-order chi connectivity index (χ1) is 10.2. The molecule has 21 heavy (non-hydrogen) atoms. The lowest BCUT2D eigenvalue weighted by Gasteiger charge is -2.02. The van der Waals surface area contributed by atoms with Crippen LogP contribution >= 0.6 is 46.4 Å². The van der Waals surface area contributed by atoms with Crippen LogP contribution in [0.5, 0.6) is 0 Å². The van der Waals surface area contributed by atoms with Gasteiger partial charge in [0.2, 0.25) is 0 Å². The second kappa shape index (κ2) is 8.83. The quantitative estimate of drug-likeness (QED) is 0.446. The molecule has 0 aliphatic rings. The summed E-state index contributed by atoms with van der Waals surface area (Å²) in [6.07, 6.45) is 0. The molecule has 2 rings (SSSR count). The Balaban J connectivity index is 2.33. The molecule has 0 amide bonds. The smallest absolute Gasteiger partial charge is 0.122 e. The van der Waals surface area contributed by atoms with Gasteiger partial charge in [-0.3, -0.25) is 0 Å². The molecule has 2 aromatic carbocycles. The van der Waals surface area contributed by atoms with Crippen LogP contribution in [0.4, 0.5) is 0 Å². The van der Waals surface area contributed by atoms with Crippen molar-refractivity contribution in [2.24, 2.45) is 0 Å². The minimum absolute atomic E-state index is 0.319. The van der Waals surface area contributed by atoms with E-state index in [1.807, 2.05) is 0 Å². The topological polar surface area (TPSA) is 0 Å². The molecule has 0 N–H and O–H groups in total. The van der Waals surface area contributed by atoms with Crippen molar-refractivity contribution in [3.05, 3.63) is 65.8 Å². The Morgan fingerprint density at radius 2 is 1.05 bits per heavy atom. The van der Waals surface area contributed by atoms with Gasteiger partial charge in [0, 0.05) is 22.9 Å². The van der Waals surface area contributed by atoms with Gasteiger partial charge in [-0.05, 0) is 35.4 Å². The largest absolute Gasteiger partial charge is 0.358 e. The van der Waals surface area contributed by atoms with Crippen LogP contribution in [0.25, 0.3) is 0 Å². The van der Waals surface area contributed by atoms with Crippen molar-refractivity contribution in [2.75, 3.05) is 0 Å². The molecule has 0 saturated carbocycles. The zero-order valence-electron chi connectivity index (χ0n) is 11.2. The maximum absolute atomic E-state index is 6.08. The zero-order chi connectivity index (χ0) is 15.2. The van der Waals surface area contributed by atoms with Gasteiger partial charge in [-0.2, -0.15) is 0 Å². The van der Waals surface area contributed by atoms with Crippen LogP contribution in [0.1, 0.15) is 22.3 Å². The summed E-state index contributed by atoms with van der Waals surface area (Å²) < 4.78 is 2.64. The van der Waals surface area contributed by atoms with Gasteiger partial charge in [0.15, 0.2) is 7.14 Å². The highest BCUT2D eigenvalue weighted by molar-refractivity contribution is 6.18. The Morgan fingerprint density at radius 1 is 0.619 bits per heavy atom. The second-order valence-electron chi connectivity index (χ2n) is 4.48. The standard InChI is InChI=1S/C16H14Cl4I/c17-7-11-1-3-15(13(5-11)9-19)21-16-4-2-12(8-18)6-14(16)10-20/h1-6H,7-10H2/q+1. The van der Waals surface area contributed by atoms with Crippen molar-refractivity contribution < 1.29 is 21.2 Å². The molecule has 0 spiro atoms. The van der Waals surface area contributed by atoms with Gasteiger partial charge in [-0.1, -0.05) is 12.1 Å². The first-order valence-corrected chi connectivity index (χ1v) is 10.6. The van der Waals surface area contributed by atoms with E-state index in [-0.39, 0.29) is 21.2 Å². The van der Waals surface area contributed by atoms with Gasteiger partial charge >= 0.3 is 21.2 Å². The average molecular weight is 475 g/mol. The van der Waals surface area contributed by atoms with Gasteiger partial charge in [-0.25, -0.2) is 0 Å². The highest BCUT2D eigenvalue weighted by atomic mass is 127. The van der Waals surface area contributed by atoms with E-state index in [4.69, 9.17) is 46.4 Å². The molecule has 0 aliphatic carbocycles. The zero-order valence-corrected chi connectivity index (χ0v) is 16.4. The van der Waals surface area contributed by atoms with Crippen molar-refractivity contribution in [3.63, 3.8) is 0 Å². The van der Waals surface area contributed by atoms with Crippen LogP contribution in [-0.4, -0.2) is 0 Å². The Hall–Kier alpha value is 0.330. The van der Waals surface area contributed by atoms with E-state index in [9.17, 15) is 0 Å². The van der Waals surface area contributed by atoms with Crippen molar-refractivity contribution in [3.8, 4) is 0 Å². The molecular formula is C16H14Cl4I+. The van der Waals surface area contributed by atoms with E-state index >= 15 is 0 Å². The van der Waals surface area contributed by atoms with Crippen LogP contribution in [-0.2, 0) is 23.5 Å². The molecular weight excluding hydrogens is 461 g/mol. The number of halogens is 5. The Bertz CT molecular complexity index is 560. The van der Waals surface area contributed by atoms with E-state index in [0.29, 0.717) is 23.5 Å². The summed E-state index contributed by atoms with van der Waals surface area (Å²) in [6, 6.07) is 12.6. The van der Waals surface area contributed by atoms with Gasteiger partial charge in [0.1, 0.15) is 0 Å². The Labute approximate surface area is 156 Å². The summed E-state index contributed by atoms with van der Waals surface area (Å²) >= 11 is 23.6. The molecule has 0 aromatic heterocycles. The molecule has 0 bridgehead atoms. The predicted molar refractivity (Wildman–Crippen MR) is 88.5 cm³/mol. The number of hydrogen-bond donors (Lipinski definition) is 0. The molecule has 0 fully saturated rings. The molecule has 0 radical (unpaired) electrons. The third-order valence-corrected chi connectivity index (χ3v) is 7.48. The average Bonchev–Trinajstić information content (AvgIpc) is 2.55. The van der Waals surface area contributed by atoms with Crippen LogP contribution in [0.3, 0.4) is 0 Å². The van der Waals surface area contributed by atoms with Crippen LogP contribution < -0.4 is 21.2 Å². The van der Waals surface area contributed by atoms with E-state index < -0.39 is 0 Å². The third-order valence-electron chi connectivity index (χ3n) is 3.02. The summed E-state index contributed by atoms with van der Waals surface area (Å²) in [7, 11) is 0. The molecule has 5 heteroatoms. The molecule has 0 heterocycles. The summed E-state index contributed by atoms with van der Waals surface area (Å²) in [5.74, 6) is 2.05. The fraction of sp³-hybridized carbons (Fsp3) is 0.250. The van der Waals surface area contributed by atoms with Gasteiger partial charge in [0.05, 0.1) is 11.8 Å². The predicted octanol–water partition coefficient (Wildman–Crippen LogP) is 2.77.